The van der Waals surface area contributed by atoms with Crippen LogP contribution in [0, 0.1) is 0 Å². The van der Waals surface area contributed by atoms with Crippen LogP contribution in [0.25, 0.3) is 0 Å². The second kappa shape index (κ2) is 57.4. The molecule has 1 N–H and O–H groups in total. The van der Waals surface area contributed by atoms with Crippen LogP contribution >= 0.6 is 7.82 Å². The standard InChI is InChI=1S/C68H123N2O7P/c1-7-10-13-16-19-22-25-28-30-32-33-34-35-36-37-39-41-43-46-49-52-55-58-61-68(72)77-66(59-56-53-50-47-44-27-24-21-18-15-12-9-3)65(64-76-78(73,74)75-63-62-70(4,5)6)69-67(71)60-57-54-51-48-45-42-40-38-31-29-26-23-20-17-14-11-8-2/h11,14,20,23,28-31,40,42,48,51,56,59,65-66H,7-10,12-13,15-19,21-22,24-27,32-39,41,43-47,49-50,52-55,57-58,60-64H2,1-6H3,(H-,69,71,73,74)/b14-11-,23-20-,30-28+,31-29-,42-40-,51-48-,59-56-. The van der Waals surface area contributed by atoms with Gasteiger partial charge in [0.05, 0.1) is 33.8 Å². The van der Waals surface area contributed by atoms with Crippen molar-refractivity contribution in [1.82, 2.24) is 5.32 Å². The highest BCUT2D eigenvalue weighted by atomic mass is 31.2. The lowest BCUT2D eigenvalue weighted by Crippen LogP contribution is -2.47. The Morgan fingerprint density at radius 1 is 0.462 bits per heavy atom. The molecule has 452 valence electrons. The number of ether oxygens (including phenoxy) is 1. The Balaban J connectivity index is 5.23. The van der Waals surface area contributed by atoms with E-state index >= 15 is 0 Å². The first-order valence-electron chi connectivity index (χ1n) is 32.4. The molecule has 0 saturated carbocycles. The van der Waals surface area contributed by atoms with Gasteiger partial charge in [-0.25, -0.2) is 0 Å². The van der Waals surface area contributed by atoms with Crippen molar-refractivity contribution < 1.29 is 37.3 Å². The van der Waals surface area contributed by atoms with Crippen LogP contribution in [0.1, 0.15) is 284 Å². The molecule has 0 saturated heterocycles. The monoisotopic (exact) mass is 1110 g/mol. The smallest absolute Gasteiger partial charge is 0.306 e. The molecule has 1 amide bonds. The van der Waals surface area contributed by atoms with E-state index in [1.54, 1.807) is 0 Å². The van der Waals surface area contributed by atoms with E-state index in [1.165, 1.54) is 167 Å². The molecule has 0 aliphatic rings. The summed E-state index contributed by atoms with van der Waals surface area (Å²) in [5.41, 5.74) is 0. The van der Waals surface area contributed by atoms with E-state index < -0.39 is 26.6 Å². The number of quaternary nitrogens is 1. The van der Waals surface area contributed by atoms with Gasteiger partial charge >= 0.3 is 5.97 Å². The van der Waals surface area contributed by atoms with E-state index in [1.807, 2.05) is 33.3 Å². The number of carbonyl (C=O) groups is 2. The summed E-state index contributed by atoms with van der Waals surface area (Å²) in [6.07, 6.45) is 75.7. The van der Waals surface area contributed by atoms with Gasteiger partial charge in [0.25, 0.3) is 7.82 Å². The molecule has 0 aromatic rings. The van der Waals surface area contributed by atoms with Crippen LogP contribution in [-0.2, 0) is 27.9 Å². The number of unbranched alkanes of at least 4 members (excludes halogenated alkanes) is 30. The van der Waals surface area contributed by atoms with Gasteiger partial charge in [0.2, 0.25) is 5.91 Å². The van der Waals surface area contributed by atoms with Crippen LogP contribution in [0.3, 0.4) is 0 Å². The SMILES string of the molecule is CC/C=C\C/C=C\C/C=C\C/C=C\C/C=C\CCCC(=O)NC(COP(=O)([O-])OCC[N+](C)(C)C)C(/C=C\CCCCCCCCCCCC)OC(=O)CCCCCCCCCCCCCCC/C=C/CCCCCCCC. The fraction of sp³-hybridized carbons (Fsp3) is 0.765. The second-order valence-corrected chi connectivity index (χ2v) is 24.3. The van der Waals surface area contributed by atoms with Crippen molar-refractivity contribution in [3.8, 4) is 0 Å². The van der Waals surface area contributed by atoms with Crippen molar-refractivity contribution in [1.29, 1.82) is 0 Å². The topological polar surface area (TPSA) is 114 Å². The van der Waals surface area contributed by atoms with Gasteiger partial charge in [-0.3, -0.25) is 14.2 Å². The van der Waals surface area contributed by atoms with Gasteiger partial charge < -0.3 is 28.5 Å². The van der Waals surface area contributed by atoms with Crippen LogP contribution in [-0.4, -0.2) is 69.4 Å². The molecule has 0 aliphatic heterocycles. The number of likely N-dealkylation sites (N-methyl/N-ethyl adjacent to an activating group) is 1. The lowest BCUT2D eigenvalue weighted by atomic mass is 10.0. The predicted octanol–water partition coefficient (Wildman–Crippen LogP) is 19.5. The summed E-state index contributed by atoms with van der Waals surface area (Å²) in [6, 6.07) is -0.921. The summed E-state index contributed by atoms with van der Waals surface area (Å²) in [7, 11) is 1.15. The van der Waals surface area contributed by atoms with E-state index in [-0.39, 0.29) is 31.3 Å². The molecule has 0 aliphatic carbocycles. The largest absolute Gasteiger partial charge is 0.756 e. The molecular weight excluding hydrogens is 988 g/mol. The van der Waals surface area contributed by atoms with E-state index in [9.17, 15) is 19.0 Å². The average Bonchev–Trinajstić information content (AvgIpc) is 3.40. The number of hydrogen-bond acceptors (Lipinski definition) is 7. The maximum atomic E-state index is 13.5. The molecule has 0 radical (unpaired) electrons. The van der Waals surface area contributed by atoms with Crippen molar-refractivity contribution in [2.24, 2.45) is 0 Å². The molecule has 0 spiro atoms. The number of rotatable bonds is 58. The first-order valence-corrected chi connectivity index (χ1v) is 33.9. The zero-order chi connectivity index (χ0) is 57.2. The number of allylic oxidation sites excluding steroid dienone is 13. The summed E-state index contributed by atoms with van der Waals surface area (Å²) >= 11 is 0. The number of amides is 1. The van der Waals surface area contributed by atoms with Crippen LogP contribution in [0.4, 0.5) is 0 Å². The van der Waals surface area contributed by atoms with Crippen LogP contribution in [0.5, 0.6) is 0 Å². The van der Waals surface area contributed by atoms with Crippen molar-refractivity contribution in [2.75, 3.05) is 40.9 Å². The summed E-state index contributed by atoms with van der Waals surface area (Å²) < 4.78 is 30.3. The quantitative estimate of drug-likeness (QED) is 0.0212. The number of nitrogens with one attached hydrogen (secondary N) is 1. The molecule has 3 unspecified atom stereocenters. The molecular formula is C68H123N2O7P. The van der Waals surface area contributed by atoms with Crippen LogP contribution < -0.4 is 10.2 Å². The minimum atomic E-state index is -4.72. The third-order valence-corrected chi connectivity index (χ3v) is 15.0. The fourth-order valence-corrected chi connectivity index (χ4v) is 9.81. The van der Waals surface area contributed by atoms with Crippen molar-refractivity contribution in [3.05, 3.63) is 85.1 Å². The van der Waals surface area contributed by atoms with Crippen molar-refractivity contribution >= 4 is 19.7 Å². The Bertz CT molecular complexity index is 1610. The highest BCUT2D eigenvalue weighted by Crippen LogP contribution is 2.38. The van der Waals surface area contributed by atoms with Gasteiger partial charge in [0.15, 0.2) is 0 Å². The third-order valence-electron chi connectivity index (χ3n) is 14.1. The lowest BCUT2D eigenvalue weighted by Gasteiger charge is -2.30. The zero-order valence-corrected chi connectivity index (χ0v) is 52.5. The van der Waals surface area contributed by atoms with Crippen LogP contribution in [0.2, 0.25) is 0 Å². The maximum Gasteiger partial charge on any atom is 0.306 e. The normalized spacial score (nSPS) is 14.2. The predicted molar refractivity (Wildman–Crippen MR) is 335 cm³/mol. The molecule has 0 heterocycles. The Morgan fingerprint density at radius 3 is 1.27 bits per heavy atom. The highest BCUT2D eigenvalue weighted by Gasteiger charge is 2.27. The molecule has 0 aromatic heterocycles. The summed E-state index contributed by atoms with van der Waals surface area (Å²) in [5.74, 6) is -0.606. The fourth-order valence-electron chi connectivity index (χ4n) is 9.08. The molecule has 0 aromatic carbocycles. The number of nitrogens with zero attached hydrogens (tertiary/aromatic N) is 1. The Labute approximate surface area is 482 Å². The molecule has 10 heteroatoms. The van der Waals surface area contributed by atoms with Gasteiger partial charge in [-0.2, -0.15) is 0 Å². The Hall–Kier alpha value is -2.81. The lowest BCUT2D eigenvalue weighted by molar-refractivity contribution is -0.870. The number of esters is 1. The Morgan fingerprint density at radius 2 is 0.833 bits per heavy atom. The second-order valence-electron chi connectivity index (χ2n) is 22.9. The zero-order valence-electron chi connectivity index (χ0n) is 51.6. The van der Waals surface area contributed by atoms with Gasteiger partial charge in [0, 0.05) is 12.8 Å². The minimum absolute atomic E-state index is 0.0354. The maximum absolute atomic E-state index is 13.5. The third kappa shape index (κ3) is 57.9. The molecule has 78 heavy (non-hydrogen) atoms. The number of phosphoric acid groups is 1. The van der Waals surface area contributed by atoms with E-state index in [0.29, 0.717) is 17.4 Å². The molecule has 0 bridgehead atoms. The van der Waals surface area contributed by atoms with E-state index in [2.05, 4.69) is 99.0 Å². The molecule has 0 fully saturated rings. The van der Waals surface area contributed by atoms with Gasteiger partial charge in [-0.1, -0.05) is 260 Å². The average molecular weight is 1110 g/mol. The first-order chi connectivity index (χ1) is 37.9. The van der Waals surface area contributed by atoms with Crippen molar-refractivity contribution in [3.63, 3.8) is 0 Å². The number of phosphoric ester groups is 1. The summed E-state index contributed by atoms with van der Waals surface area (Å²) in [5, 5.41) is 3.00. The number of hydrogen-bond donors (Lipinski definition) is 1. The van der Waals surface area contributed by atoms with E-state index in [4.69, 9.17) is 13.8 Å². The van der Waals surface area contributed by atoms with E-state index in [0.717, 1.165) is 77.0 Å². The molecule has 3 atom stereocenters. The number of carbonyl (C=O) groups excluding carboxylic acids is 2. The highest BCUT2D eigenvalue weighted by molar-refractivity contribution is 7.45. The van der Waals surface area contributed by atoms with Gasteiger partial charge in [0.1, 0.15) is 19.3 Å². The first kappa shape index (κ1) is 75.2. The molecule has 0 rings (SSSR count). The summed E-state index contributed by atoms with van der Waals surface area (Å²) in [6.45, 7) is 6.69. The minimum Gasteiger partial charge on any atom is -0.756 e. The molecule has 9 nitrogen and oxygen atoms in total. The summed E-state index contributed by atoms with van der Waals surface area (Å²) in [4.78, 5) is 40.0. The van der Waals surface area contributed by atoms with Crippen LogP contribution in [0.15, 0.2) is 85.1 Å². The van der Waals surface area contributed by atoms with Crippen molar-refractivity contribution in [2.45, 2.75) is 296 Å². The van der Waals surface area contributed by atoms with Gasteiger partial charge in [-0.15, -0.1) is 0 Å². The Kier molecular flexibility index (Phi) is 55.4. The van der Waals surface area contributed by atoms with Gasteiger partial charge in [-0.05, 0) is 96.0 Å².